The van der Waals surface area contributed by atoms with Crippen LogP contribution in [0.2, 0.25) is 3.63 Å². The van der Waals surface area contributed by atoms with Crippen molar-refractivity contribution in [2.24, 2.45) is 0 Å². The molecule has 0 aliphatic heterocycles. The van der Waals surface area contributed by atoms with Crippen molar-refractivity contribution in [3.05, 3.63) is 0 Å². The van der Waals surface area contributed by atoms with Crippen LogP contribution < -0.4 is 0 Å². The third-order valence-electron chi connectivity index (χ3n) is 3.51. The summed E-state index contributed by atoms with van der Waals surface area (Å²) >= 11 is -4.05. The van der Waals surface area contributed by atoms with Crippen molar-refractivity contribution < 1.29 is 16.4 Å². The molecule has 0 atom stereocenters. The Hall–Kier alpha value is 0.420. The maximum absolute atomic E-state index is 9.28. The molecule has 0 bridgehead atoms. The van der Waals surface area contributed by atoms with Gasteiger partial charge in [0.15, 0.2) is 0 Å². The third kappa shape index (κ3) is 1.68. The van der Waals surface area contributed by atoms with E-state index in [1.54, 1.807) is 0 Å². The van der Waals surface area contributed by atoms with Gasteiger partial charge < -0.3 is 0 Å². The summed E-state index contributed by atoms with van der Waals surface area (Å²) in [6.45, 7) is 6.56. The standard InChI is InChI=1S/C4H9.3C2H6N.HN.Ta/c1-4(2)3;3*1-3-2;;/h1-3H3;3*1-2H3;1H;/q;3*-1;;+3. The fraction of sp³-hybridized carbons (Fsp3) is 1.00. The molecule has 0 saturated carbocycles. The van der Waals surface area contributed by atoms with Gasteiger partial charge in [-0.05, 0) is 0 Å². The SMILES string of the molecule is C[N](C)[Ta](=[NH])([N](C)C)([N](C)C)[C](C)(C)C. The maximum atomic E-state index is 9.28. The van der Waals surface area contributed by atoms with Crippen LogP contribution in [-0.2, 0) is 16.4 Å². The first-order valence-electron chi connectivity index (χ1n) is 5.23. The van der Waals surface area contributed by atoms with E-state index >= 15 is 0 Å². The fourth-order valence-corrected chi connectivity index (χ4v) is 23.5. The van der Waals surface area contributed by atoms with E-state index in [1.807, 2.05) is 42.3 Å². The molecule has 0 saturated heterocycles. The van der Waals surface area contributed by atoms with Gasteiger partial charge in [0.05, 0.1) is 0 Å². The quantitative estimate of drug-likeness (QED) is 0.808. The first-order valence-corrected chi connectivity index (χ1v) is 12.8. The molecule has 5 heteroatoms. The minimum atomic E-state index is -4.05. The Morgan fingerprint density at radius 2 is 0.933 bits per heavy atom. The van der Waals surface area contributed by atoms with Gasteiger partial charge in [0.25, 0.3) is 0 Å². The molecule has 0 aliphatic rings. The Morgan fingerprint density at radius 1 is 0.733 bits per heavy atom. The number of nitrogens with one attached hydrogen (secondary N) is 1. The Bertz CT molecular complexity index is 255. The molecule has 0 spiro atoms. The molecule has 0 aromatic rings. The van der Waals surface area contributed by atoms with Gasteiger partial charge in [-0.1, -0.05) is 0 Å². The van der Waals surface area contributed by atoms with E-state index in [4.69, 9.17) is 0 Å². The Kier molecular flexibility index (Phi) is 4.13. The van der Waals surface area contributed by atoms with Crippen LogP contribution in [0.25, 0.3) is 0 Å². The summed E-state index contributed by atoms with van der Waals surface area (Å²) in [7, 11) is 12.3. The average Bonchev–Trinajstić information content (AvgIpc) is 1.98. The molecule has 0 unspecified atom stereocenters. The van der Waals surface area contributed by atoms with Crippen LogP contribution in [0, 0.1) is 3.76 Å². The average molecular weight is 385 g/mol. The number of hydrogen-bond acceptors (Lipinski definition) is 1. The minimum absolute atomic E-state index is 0.0257. The zero-order valence-corrected chi connectivity index (χ0v) is 15.0. The van der Waals surface area contributed by atoms with Crippen LogP contribution in [0.4, 0.5) is 0 Å². The van der Waals surface area contributed by atoms with Crippen LogP contribution in [0.3, 0.4) is 0 Å². The molecule has 0 radical (unpaired) electrons. The van der Waals surface area contributed by atoms with E-state index in [-0.39, 0.29) is 3.63 Å². The van der Waals surface area contributed by atoms with Crippen molar-refractivity contribution in [2.45, 2.75) is 24.4 Å². The van der Waals surface area contributed by atoms with Crippen molar-refractivity contribution in [2.75, 3.05) is 42.3 Å². The molecular formula is C10H28N4Ta. The van der Waals surface area contributed by atoms with Gasteiger partial charge in [-0.25, -0.2) is 0 Å². The molecule has 4 nitrogen and oxygen atoms in total. The first-order chi connectivity index (χ1) is 6.41. The predicted molar refractivity (Wildman–Crippen MR) is 63.5 cm³/mol. The molecule has 0 aromatic heterocycles. The molecular weight excluding hydrogens is 357 g/mol. The summed E-state index contributed by atoms with van der Waals surface area (Å²) < 4.78 is 15.8. The van der Waals surface area contributed by atoms with E-state index < -0.39 is 16.4 Å². The Labute approximate surface area is 96.8 Å². The van der Waals surface area contributed by atoms with Gasteiger partial charge in [-0.15, -0.1) is 0 Å². The summed E-state index contributed by atoms with van der Waals surface area (Å²) in [6, 6.07) is 0. The monoisotopic (exact) mass is 385 g/mol. The van der Waals surface area contributed by atoms with Gasteiger partial charge >= 0.3 is 96.8 Å². The van der Waals surface area contributed by atoms with Gasteiger partial charge in [0.1, 0.15) is 0 Å². The van der Waals surface area contributed by atoms with Crippen molar-refractivity contribution >= 4 is 0 Å². The zero-order chi connectivity index (χ0) is 12.7. The van der Waals surface area contributed by atoms with E-state index in [2.05, 4.69) is 30.7 Å². The molecule has 0 fully saturated rings. The summed E-state index contributed by atoms with van der Waals surface area (Å²) in [5, 5.41) is 0. The van der Waals surface area contributed by atoms with Crippen molar-refractivity contribution in [3.8, 4) is 0 Å². The summed E-state index contributed by atoms with van der Waals surface area (Å²) in [6.07, 6.45) is 0. The molecule has 0 amide bonds. The van der Waals surface area contributed by atoms with Crippen molar-refractivity contribution in [3.63, 3.8) is 0 Å². The normalized spacial score (nSPS) is 17.2. The third-order valence-corrected chi connectivity index (χ3v) is 28.7. The second-order valence-electron chi connectivity index (χ2n) is 5.69. The molecule has 1 N–H and O–H groups in total. The van der Waals surface area contributed by atoms with Gasteiger partial charge in [0, 0.05) is 0 Å². The molecule has 15 heavy (non-hydrogen) atoms. The van der Waals surface area contributed by atoms with Crippen LogP contribution in [0.1, 0.15) is 20.8 Å². The van der Waals surface area contributed by atoms with Crippen molar-refractivity contribution in [1.29, 1.82) is 3.76 Å². The molecule has 0 rings (SSSR count). The van der Waals surface area contributed by atoms with E-state index in [0.29, 0.717) is 0 Å². The summed E-state index contributed by atoms with van der Waals surface area (Å²) in [4.78, 5) is 0. The second kappa shape index (κ2) is 4.02. The van der Waals surface area contributed by atoms with Gasteiger partial charge in [-0.2, -0.15) is 0 Å². The predicted octanol–water partition coefficient (Wildman–Crippen LogP) is 2.09. The summed E-state index contributed by atoms with van der Waals surface area (Å²) in [5.74, 6) is 0. The van der Waals surface area contributed by atoms with Crippen LogP contribution >= 0.6 is 0 Å². The van der Waals surface area contributed by atoms with E-state index in [1.165, 1.54) is 0 Å². The molecule has 93 valence electrons. The molecule has 0 aliphatic carbocycles. The van der Waals surface area contributed by atoms with Crippen LogP contribution in [0.15, 0.2) is 0 Å². The van der Waals surface area contributed by atoms with Crippen LogP contribution in [-0.4, -0.2) is 52.2 Å². The topological polar surface area (TPSA) is 33.6 Å². The van der Waals surface area contributed by atoms with Gasteiger partial charge in [-0.3, -0.25) is 0 Å². The summed E-state index contributed by atoms with van der Waals surface area (Å²) in [5.41, 5.74) is 0. The van der Waals surface area contributed by atoms with Crippen molar-refractivity contribution in [1.82, 2.24) is 9.91 Å². The molecule has 0 heterocycles. The van der Waals surface area contributed by atoms with E-state index in [9.17, 15) is 3.76 Å². The number of hydrogen-bond donors (Lipinski definition) is 1. The van der Waals surface area contributed by atoms with E-state index in [0.717, 1.165) is 0 Å². The zero-order valence-electron chi connectivity index (χ0n) is 11.8. The number of nitrogens with zero attached hydrogens (tertiary/aromatic N) is 3. The van der Waals surface area contributed by atoms with Gasteiger partial charge in [0.2, 0.25) is 0 Å². The van der Waals surface area contributed by atoms with Crippen LogP contribution in [0.5, 0.6) is 0 Å². The second-order valence-corrected chi connectivity index (χ2v) is 26.2. The number of rotatable bonds is 3. The Balaban J connectivity index is 6.10. The Morgan fingerprint density at radius 3 is 0.933 bits per heavy atom. The fourth-order valence-electron chi connectivity index (χ4n) is 2.87. The molecule has 0 aromatic carbocycles. The first kappa shape index (κ1) is 15.4.